The molecule has 0 heterocycles. The molecular weight excluding hydrogens is 644 g/mol. The van der Waals surface area contributed by atoms with Gasteiger partial charge < -0.3 is 19.6 Å². The Balaban J connectivity index is 4.06. The molecular formula is C39H79O5PS2. The first-order valence-electron chi connectivity index (χ1n) is 20.0. The largest absolute Gasteiger partial charge is 0.394 e. The van der Waals surface area contributed by atoms with Crippen LogP contribution in [0.4, 0.5) is 0 Å². The standard InChI is InChI=1S/C39H79O5PS2/c1-3-5-7-9-11-13-15-17-19-21-23-25-27-29-33-46-37-39(36-44-45(42,43)32-31-38(41)35-40)47-34-30-28-26-24-22-20-18-16-14-12-10-8-6-4-2/h14,16,38-41H,3-13,15,17-37H2,1-2H3,(H,42,43)/b16-14+. The van der Waals surface area contributed by atoms with Gasteiger partial charge in [-0.15, -0.1) is 0 Å². The Labute approximate surface area is 301 Å². The van der Waals surface area contributed by atoms with Gasteiger partial charge in [0, 0.05) is 11.0 Å². The summed E-state index contributed by atoms with van der Waals surface area (Å²) in [4.78, 5) is 10.2. The minimum absolute atomic E-state index is 0.0747. The molecule has 0 aromatic rings. The molecule has 0 saturated carbocycles. The number of allylic oxidation sites excluding steroid dienone is 2. The number of unbranched alkanes of at least 4 members (excludes halogenated alkanes) is 23. The van der Waals surface area contributed by atoms with Crippen molar-refractivity contribution < 1.29 is 24.2 Å². The van der Waals surface area contributed by atoms with Gasteiger partial charge in [0.05, 0.1) is 25.5 Å². The molecule has 0 aliphatic rings. The van der Waals surface area contributed by atoms with Crippen LogP contribution < -0.4 is 0 Å². The molecule has 3 unspecified atom stereocenters. The third kappa shape index (κ3) is 37.6. The molecule has 0 aromatic carbocycles. The van der Waals surface area contributed by atoms with Crippen LogP contribution in [0.2, 0.25) is 0 Å². The monoisotopic (exact) mass is 723 g/mol. The Kier molecular flexibility index (Phi) is 38.2. The average molecular weight is 723 g/mol. The maximum absolute atomic E-state index is 12.5. The molecule has 3 N–H and O–H groups in total. The second-order valence-electron chi connectivity index (χ2n) is 13.7. The van der Waals surface area contributed by atoms with Crippen molar-refractivity contribution >= 4 is 31.1 Å². The molecule has 0 fully saturated rings. The van der Waals surface area contributed by atoms with Crippen LogP contribution in [0.15, 0.2) is 12.2 Å². The summed E-state index contributed by atoms with van der Waals surface area (Å²) in [7, 11) is -3.76. The van der Waals surface area contributed by atoms with E-state index < -0.39 is 20.3 Å². The molecule has 0 saturated heterocycles. The third-order valence-electron chi connectivity index (χ3n) is 8.87. The molecule has 0 amide bonds. The van der Waals surface area contributed by atoms with E-state index in [1.165, 1.54) is 167 Å². The van der Waals surface area contributed by atoms with E-state index in [1.54, 1.807) is 0 Å². The molecule has 282 valence electrons. The van der Waals surface area contributed by atoms with E-state index in [4.69, 9.17) is 9.63 Å². The van der Waals surface area contributed by atoms with E-state index >= 15 is 0 Å². The number of hydrogen-bond donors (Lipinski definition) is 3. The summed E-state index contributed by atoms with van der Waals surface area (Å²) in [6, 6.07) is 0. The summed E-state index contributed by atoms with van der Waals surface area (Å²) in [5, 5.41) is 18.8. The smallest absolute Gasteiger partial charge is 0.328 e. The number of rotatable bonds is 39. The minimum Gasteiger partial charge on any atom is -0.394 e. The maximum Gasteiger partial charge on any atom is 0.328 e. The van der Waals surface area contributed by atoms with Crippen molar-refractivity contribution in [3.8, 4) is 0 Å². The van der Waals surface area contributed by atoms with Gasteiger partial charge in [-0.25, -0.2) is 0 Å². The predicted octanol–water partition coefficient (Wildman–Crippen LogP) is 12.5. The lowest BCUT2D eigenvalue weighted by atomic mass is 10.0. The summed E-state index contributed by atoms with van der Waals surface area (Å²) >= 11 is 3.84. The molecule has 0 aliphatic carbocycles. The molecule has 5 nitrogen and oxygen atoms in total. The van der Waals surface area contributed by atoms with E-state index in [2.05, 4.69) is 26.0 Å². The Morgan fingerprint density at radius 3 is 1.55 bits per heavy atom. The van der Waals surface area contributed by atoms with E-state index in [0.717, 1.165) is 17.3 Å². The lowest BCUT2D eigenvalue weighted by Crippen LogP contribution is -2.18. The van der Waals surface area contributed by atoms with Crippen molar-refractivity contribution in [3.05, 3.63) is 12.2 Å². The van der Waals surface area contributed by atoms with Gasteiger partial charge in [0.25, 0.3) is 0 Å². The first-order valence-corrected chi connectivity index (χ1v) is 24.0. The zero-order valence-corrected chi connectivity index (χ0v) is 33.6. The van der Waals surface area contributed by atoms with E-state index in [0.29, 0.717) is 0 Å². The van der Waals surface area contributed by atoms with Crippen LogP contribution in [0.1, 0.15) is 187 Å². The topological polar surface area (TPSA) is 87.0 Å². The normalized spacial score (nSPS) is 14.6. The van der Waals surface area contributed by atoms with Gasteiger partial charge in [0.2, 0.25) is 0 Å². The van der Waals surface area contributed by atoms with Crippen LogP contribution in [-0.4, -0.2) is 63.1 Å². The van der Waals surface area contributed by atoms with Crippen LogP contribution in [-0.2, 0) is 9.09 Å². The maximum atomic E-state index is 12.5. The Hall–Kier alpha value is 0.510. The molecule has 0 spiro atoms. The van der Waals surface area contributed by atoms with Crippen molar-refractivity contribution in [3.63, 3.8) is 0 Å². The van der Waals surface area contributed by atoms with Gasteiger partial charge in [0.15, 0.2) is 0 Å². The second-order valence-corrected chi connectivity index (χ2v) is 18.2. The first kappa shape index (κ1) is 47.5. The third-order valence-corrected chi connectivity index (χ3v) is 13.0. The van der Waals surface area contributed by atoms with Crippen LogP contribution in [0.5, 0.6) is 0 Å². The van der Waals surface area contributed by atoms with Crippen molar-refractivity contribution in [2.24, 2.45) is 0 Å². The lowest BCUT2D eigenvalue weighted by molar-refractivity contribution is 0.0912. The lowest BCUT2D eigenvalue weighted by Gasteiger charge is -2.20. The number of aliphatic hydroxyl groups excluding tert-OH is 2. The van der Waals surface area contributed by atoms with E-state index in [9.17, 15) is 14.6 Å². The zero-order valence-electron chi connectivity index (χ0n) is 31.1. The second kappa shape index (κ2) is 37.8. The SMILES string of the molecule is CCCCCC/C=C/CCCCCCCCSC(COP(=O)(O)CCC(O)CO)CSCCCCCCCCCCCCCCCC. The fourth-order valence-electron chi connectivity index (χ4n) is 5.67. The summed E-state index contributed by atoms with van der Waals surface area (Å²) in [6.45, 7) is 4.41. The molecule has 47 heavy (non-hydrogen) atoms. The fourth-order valence-corrected chi connectivity index (χ4v) is 9.41. The summed E-state index contributed by atoms with van der Waals surface area (Å²) < 4.78 is 18.0. The molecule has 3 atom stereocenters. The average Bonchev–Trinajstić information content (AvgIpc) is 3.07. The van der Waals surface area contributed by atoms with Crippen LogP contribution in [0.3, 0.4) is 0 Å². The molecule has 0 aromatic heterocycles. The number of hydrogen-bond acceptors (Lipinski definition) is 6. The predicted molar refractivity (Wildman–Crippen MR) is 212 cm³/mol. The van der Waals surface area contributed by atoms with Crippen LogP contribution in [0, 0.1) is 0 Å². The highest BCUT2D eigenvalue weighted by Gasteiger charge is 2.23. The fraction of sp³-hybridized carbons (Fsp3) is 0.949. The van der Waals surface area contributed by atoms with Crippen molar-refractivity contribution in [2.45, 2.75) is 199 Å². The van der Waals surface area contributed by atoms with Crippen molar-refractivity contribution in [1.82, 2.24) is 0 Å². The quantitative estimate of drug-likeness (QED) is 0.0331. The first-order chi connectivity index (χ1) is 22.9. The van der Waals surface area contributed by atoms with Crippen LogP contribution >= 0.6 is 31.1 Å². The Morgan fingerprint density at radius 1 is 0.638 bits per heavy atom. The van der Waals surface area contributed by atoms with Gasteiger partial charge in [-0.05, 0) is 56.5 Å². The van der Waals surface area contributed by atoms with Gasteiger partial charge in [0.1, 0.15) is 0 Å². The Bertz CT molecular complexity index is 696. The molecule has 0 aliphatic heterocycles. The molecule has 0 rings (SSSR count). The highest BCUT2D eigenvalue weighted by molar-refractivity contribution is 8.03. The van der Waals surface area contributed by atoms with Crippen molar-refractivity contribution in [1.29, 1.82) is 0 Å². The molecule has 8 heteroatoms. The van der Waals surface area contributed by atoms with Gasteiger partial charge in [-0.1, -0.05) is 154 Å². The van der Waals surface area contributed by atoms with Crippen molar-refractivity contribution in [2.75, 3.05) is 36.6 Å². The van der Waals surface area contributed by atoms with Crippen LogP contribution in [0.25, 0.3) is 0 Å². The highest BCUT2D eigenvalue weighted by atomic mass is 32.2. The van der Waals surface area contributed by atoms with Gasteiger partial charge in [-0.2, -0.15) is 23.5 Å². The molecule has 0 radical (unpaired) electrons. The van der Waals surface area contributed by atoms with Gasteiger partial charge >= 0.3 is 7.60 Å². The van der Waals surface area contributed by atoms with E-state index in [1.807, 2.05) is 23.5 Å². The number of aliphatic hydroxyl groups is 2. The highest BCUT2D eigenvalue weighted by Crippen LogP contribution is 2.43. The number of thioether (sulfide) groups is 2. The van der Waals surface area contributed by atoms with Gasteiger partial charge in [-0.3, -0.25) is 4.57 Å². The summed E-state index contributed by atoms with van der Waals surface area (Å²) in [5.41, 5.74) is 0. The minimum atomic E-state index is -3.76. The molecule has 0 bridgehead atoms. The Morgan fingerprint density at radius 2 is 1.06 bits per heavy atom. The summed E-state index contributed by atoms with van der Waals surface area (Å²) in [5.74, 6) is 3.14. The summed E-state index contributed by atoms with van der Waals surface area (Å²) in [6.07, 6.45) is 38.5. The van der Waals surface area contributed by atoms with E-state index in [-0.39, 0.29) is 24.4 Å². The zero-order chi connectivity index (χ0) is 34.5.